The molecule has 1 amide bonds. The topological polar surface area (TPSA) is 91.2 Å². The summed E-state index contributed by atoms with van der Waals surface area (Å²) in [4.78, 5) is 26.3. The van der Waals surface area contributed by atoms with Crippen molar-refractivity contribution >= 4 is 23.2 Å². The van der Waals surface area contributed by atoms with Gasteiger partial charge in [-0.1, -0.05) is 6.07 Å². The number of carbonyl (C=O) groups excluding carboxylic acids is 2. The molecule has 0 spiro atoms. The van der Waals surface area contributed by atoms with E-state index in [4.69, 9.17) is 4.74 Å². The number of nitrogens with zero attached hydrogens (tertiary/aromatic N) is 1. The number of hydrogen-bond acceptors (Lipinski definition) is 6. The Morgan fingerprint density at radius 2 is 2.24 bits per heavy atom. The zero-order valence-corrected chi connectivity index (χ0v) is 16.6. The molecular weight excluding hydrogens is 386 g/mol. The summed E-state index contributed by atoms with van der Waals surface area (Å²) in [6.07, 6.45) is 3.80. The van der Waals surface area contributed by atoms with E-state index in [-0.39, 0.29) is 17.9 Å². The minimum atomic E-state index is -0.541. The summed E-state index contributed by atoms with van der Waals surface area (Å²) in [7, 11) is 0. The Bertz CT molecular complexity index is 1020. The van der Waals surface area contributed by atoms with Crippen molar-refractivity contribution in [3.05, 3.63) is 46.3 Å². The number of thiophene rings is 1. The highest BCUT2D eigenvalue weighted by molar-refractivity contribution is 7.15. The number of esters is 1. The summed E-state index contributed by atoms with van der Waals surface area (Å²) in [5.41, 5.74) is 2.57. The molecule has 1 aromatic carbocycles. The first-order valence-corrected chi connectivity index (χ1v) is 10.8. The highest BCUT2D eigenvalue weighted by atomic mass is 32.1. The first-order valence-electron chi connectivity index (χ1n) is 9.96. The molecule has 1 aromatic heterocycles. The van der Waals surface area contributed by atoms with Crippen molar-refractivity contribution in [3.63, 3.8) is 0 Å². The van der Waals surface area contributed by atoms with Gasteiger partial charge in [-0.25, -0.2) is 4.79 Å². The van der Waals surface area contributed by atoms with Crippen LogP contribution in [0.1, 0.15) is 40.1 Å². The van der Waals surface area contributed by atoms with Gasteiger partial charge in [0.1, 0.15) is 12.6 Å². The summed E-state index contributed by atoms with van der Waals surface area (Å²) in [6, 6.07) is 11.7. The Morgan fingerprint density at radius 1 is 1.34 bits per heavy atom. The van der Waals surface area contributed by atoms with Gasteiger partial charge in [0, 0.05) is 27.8 Å². The van der Waals surface area contributed by atoms with Crippen molar-refractivity contribution in [2.45, 2.75) is 50.4 Å². The number of nitriles is 1. The lowest BCUT2D eigenvalue weighted by Gasteiger charge is -2.23. The van der Waals surface area contributed by atoms with Gasteiger partial charge >= 0.3 is 5.97 Å². The molecule has 148 valence electrons. The minimum Gasteiger partial charge on any atom is -0.457 e. The van der Waals surface area contributed by atoms with Gasteiger partial charge in [0.05, 0.1) is 17.7 Å². The van der Waals surface area contributed by atoms with Crippen LogP contribution in [0.4, 0.5) is 0 Å². The molecular formula is C22H21N3O3S. The molecule has 0 unspecified atom stereocenters. The largest absolute Gasteiger partial charge is 0.457 e. The summed E-state index contributed by atoms with van der Waals surface area (Å²) in [6.45, 7) is 0.319. The van der Waals surface area contributed by atoms with E-state index in [0.717, 1.165) is 40.1 Å². The zero-order chi connectivity index (χ0) is 20.0. The monoisotopic (exact) mass is 407 g/mol. The van der Waals surface area contributed by atoms with Crippen LogP contribution in [0, 0.1) is 17.2 Å². The van der Waals surface area contributed by atoms with Gasteiger partial charge in [0.2, 0.25) is 5.91 Å². The second-order valence-corrected chi connectivity index (χ2v) is 9.19. The second kappa shape index (κ2) is 7.29. The molecule has 6 nitrogen and oxygen atoms in total. The lowest BCUT2D eigenvalue weighted by atomic mass is 9.99. The van der Waals surface area contributed by atoms with Crippen LogP contribution in [0.3, 0.4) is 0 Å². The fourth-order valence-electron chi connectivity index (χ4n) is 4.67. The van der Waals surface area contributed by atoms with Crippen LogP contribution in [0.5, 0.6) is 0 Å². The molecule has 2 aliphatic heterocycles. The predicted octanol–water partition coefficient (Wildman–Crippen LogP) is 2.78. The van der Waals surface area contributed by atoms with Crippen LogP contribution in [-0.4, -0.2) is 30.0 Å². The number of carbonyl (C=O) groups is 2. The van der Waals surface area contributed by atoms with Gasteiger partial charge < -0.3 is 15.4 Å². The Kier molecular flexibility index (Phi) is 4.61. The number of nitrogens with one attached hydrogen (secondary N) is 2. The summed E-state index contributed by atoms with van der Waals surface area (Å²) in [5.74, 6) is 0.0863. The van der Waals surface area contributed by atoms with E-state index in [1.807, 2.05) is 24.3 Å². The fourth-order valence-corrected chi connectivity index (χ4v) is 5.72. The van der Waals surface area contributed by atoms with Crippen molar-refractivity contribution in [2.75, 3.05) is 0 Å². The number of piperidine rings is 1. The van der Waals surface area contributed by atoms with E-state index in [9.17, 15) is 14.9 Å². The molecule has 2 fully saturated rings. The third-order valence-electron chi connectivity index (χ3n) is 6.15. The number of benzene rings is 1. The smallest absolute Gasteiger partial charge is 0.338 e. The average molecular weight is 407 g/mol. The molecule has 0 radical (unpaired) electrons. The SMILES string of the molecule is N#C[C@H](Cc1ccc(-c2ccc3c(c2)COC3=O)s1)NC(=O)[C@H]1N[C@@H]2CC[C@H]1C2. The second-order valence-electron chi connectivity index (χ2n) is 8.02. The predicted molar refractivity (Wildman–Crippen MR) is 108 cm³/mol. The number of cyclic esters (lactones) is 1. The van der Waals surface area contributed by atoms with Crippen molar-refractivity contribution in [2.24, 2.45) is 5.92 Å². The summed E-state index contributed by atoms with van der Waals surface area (Å²) >= 11 is 1.60. The molecule has 4 atom stereocenters. The van der Waals surface area contributed by atoms with E-state index in [2.05, 4.69) is 16.7 Å². The third-order valence-corrected chi connectivity index (χ3v) is 7.31. The Hall–Kier alpha value is -2.69. The molecule has 3 aliphatic rings. The van der Waals surface area contributed by atoms with Gasteiger partial charge in [-0.05, 0) is 55.0 Å². The molecule has 2 N–H and O–H groups in total. The van der Waals surface area contributed by atoms with Crippen LogP contribution < -0.4 is 10.6 Å². The molecule has 1 saturated carbocycles. The lowest BCUT2D eigenvalue weighted by molar-refractivity contribution is -0.124. The summed E-state index contributed by atoms with van der Waals surface area (Å²) < 4.78 is 5.07. The molecule has 7 heteroatoms. The van der Waals surface area contributed by atoms with Gasteiger partial charge in [-0.2, -0.15) is 5.26 Å². The molecule has 1 aliphatic carbocycles. The Morgan fingerprint density at radius 3 is 3.00 bits per heavy atom. The van der Waals surface area contributed by atoms with E-state index in [1.54, 1.807) is 17.4 Å². The van der Waals surface area contributed by atoms with E-state index < -0.39 is 6.04 Å². The van der Waals surface area contributed by atoms with Gasteiger partial charge in [-0.3, -0.25) is 4.79 Å². The van der Waals surface area contributed by atoms with Crippen molar-refractivity contribution in [3.8, 4) is 16.5 Å². The first-order chi connectivity index (χ1) is 14.1. The van der Waals surface area contributed by atoms with Crippen LogP contribution >= 0.6 is 11.3 Å². The maximum atomic E-state index is 12.6. The van der Waals surface area contributed by atoms with Crippen LogP contribution in [-0.2, 0) is 22.6 Å². The van der Waals surface area contributed by atoms with Crippen LogP contribution in [0.2, 0.25) is 0 Å². The van der Waals surface area contributed by atoms with Gasteiger partial charge in [0.15, 0.2) is 0 Å². The number of amides is 1. The highest BCUT2D eigenvalue weighted by Crippen LogP contribution is 2.35. The number of fused-ring (bicyclic) bond motifs is 3. The molecule has 2 bridgehead atoms. The zero-order valence-electron chi connectivity index (χ0n) is 15.8. The quantitative estimate of drug-likeness (QED) is 0.744. The molecule has 5 rings (SSSR count). The number of rotatable bonds is 5. The van der Waals surface area contributed by atoms with Gasteiger partial charge in [0.25, 0.3) is 0 Å². The highest BCUT2D eigenvalue weighted by Gasteiger charge is 2.43. The normalized spacial score (nSPS) is 25.3. The molecule has 1 saturated heterocycles. The molecule has 3 heterocycles. The number of hydrogen-bond donors (Lipinski definition) is 2. The standard InChI is InChI=1S/C22H21N3O3S/c23-10-16(25-21(26)20-13-1-3-15(8-13)24-20)9-17-4-6-19(29-17)12-2-5-18-14(7-12)11-28-22(18)27/h2,4-7,13,15-16,20,24H,1,3,8-9,11H2,(H,25,26)/t13-,15+,16-,20-/m0/s1. The van der Waals surface area contributed by atoms with E-state index >= 15 is 0 Å². The maximum Gasteiger partial charge on any atom is 0.338 e. The van der Waals surface area contributed by atoms with Gasteiger partial charge in [-0.15, -0.1) is 11.3 Å². The molecule has 29 heavy (non-hydrogen) atoms. The Balaban J connectivity index is 1.25. The van der Waals surface area contributed by atoms with Crippen molar-refractivity contribution in [1.82, 2.24) is 10.6 Å². The lowest BCUT2D eigenvalue weighted by Crippen LogP contribution is -2.50. The summed E-state index contributed by atoms with van der Waals surface area (Å²) in [5, 5.41) is 15.8. The first kappa shape index (κ1) is 18.3. The maximum absolute atomic E-state index is 12.6. The van der Waals surface area contributed by atoms with Crippen LogP contribution in [0.25, 0.3) is 10.4 Å². The third kappa shape index (κ3) is 3.43. The molecule has 2 aromatic rings. The van der Waals surface area contributed by atoms with E-state index in [1.165, 1.54) is 0 Å². The minimum absolute atomic E-state index is 0.0520. The van der Waals surface area contributed by atoms with Crippen molar-refractivity contribution in [1.29, 1.82) is 5.26 Å². The Labute approximate surface area is 172 Å². The fraction of sp³-hybridized carbons (Fsp3) is 0.409. The average Bonchev–Trinajstić information content (AvgIpc) is 3.52. The van der Waals surface area contributed by atoms with Crippen molar-refractivity contribution < 1.29 is 14.3 Å². The van der Waals surface area contributed by atoms with E-state index in [0.29, 0.717) is 30.6 Å². The van der Waals surface area contributed by atoms with Crippen LogP contribution in [0.15, 0.2) is 30.3 Å². The number of ether oxygens (including phenoxy) is 1.